The molecule has 1 amide bonds. The van der Waals surface area contributed by atoms with E-state index in [0.717, 1.165) is 19.4 Å². The van der Waals surface area contributed by atoms with Gasteiger partial charge in [0, 0.05) is 11.8 Å². The Morgan fingerprint density at radius 1 is 1.42 bits per heavy atom. The van der Waals surface area contributed by atoms with Gasteiger partial charge >= 0.3 is 0 Å². The van der Waals surface area contributed by atoms with Crippen LogP contribution in [0.2, 0.25) is 0 Å². The number of carbonyl (C=O) groups excluding carboxylic acids is 1. The molecule has 2 rings (SSSR count). The van der Waals surface area contributed by atoms with Crippen LogP contribution in [0.15, 0.2) is 24.3 Å². The van der Waals surface area contributed by atoms with Gasteiger partial charge in [-0.15, -0.1) is 11.8 Å². The lowest BCUT2D eigenvalue weighted by molar-refractivity contribution is -0.118. The van der Waals surface area contributed by atoms with Crippen LogP contribution in [0.4, 0.5) is 0 Å². The van der Waals surface area contributed by atoms with Gasteiger partial charge in [0.2, 0.25) is 5.91 Å². The number of amides is 1. The average molecular weight is 277 g/mol. The van der Waals surface area contributed by atoms with Crippen LogP contribution in [0.25, 0.3) is 0 Å². The third kappa shape index (κ3) is 4.27. The monoisotopic (exact) mass is 277 g/mol. The molecule has 0 aliphatic heterocycles. The number of rotatable bonds is 6. The highest BCUT2D eigenvalue weighted by atomic mass is 32.2. The maximum Gasteiger partial charge on any atom is 0.230 e. The average Bonchev–Trinajstić information content (AvgIpc) is 2.45. The van der Waals surface area contributed by atoms with Crippen LogP contribution in [0.3, 0.4) is 0 Å². The SMILES string of the molecule is CCCCNC(=O)CS[C@H]1CCCc2ccccc21. The first-order valence-corrected chi connectivity index (χ1v) is 8.32. The molecule has 1 aromatic rings. The van der Waals surface area contributed by atoms with Crippen molar-refractivity contribution in [2.24, 2.45) is 0 Å². The van der Waals surface area contributed by atoms with Gasteiger partial charge in [-0.3, -0.25) is 4.79 Å². The van der Waals surface area contributed by atoms with Gasteiger partial charge in [0.1, 0.15) is 0 Å². The minimum absolute atomic E-state index is 0.182. The van der Waals surface area contributed by atoms with Crippen molar-refractivity contribution in [3.63, 3.8) is 0 Å². The summed E-state index contributed by atoms with van der Waals surface area (Å²) in [7, 11) is 0. The van der Waals surface area contributed by atoms with E-state index in [1.807, 2.05) is 0 Å². The predicted octanol–water partition coefficient (Wildman–Crippen LogP) is 3.71. The summed E-state index contributed by atoms with van der Waals surface area (Å²) in [6.45, 7) is 2.96. The Balaban J connectivity index is 1.82. The molecule has 0 fully saturated rings. The largest absolute Gasteiger partial charge is 0.355 e. The number of benzene rings is 1. The molecule has 0 radical (unpaired) electrons. The van der Waals surface area contributed by atoms with Crippen molar-refractivity contribution in [3.8, 4) is 0 Å². The van der Waals surface area contributed by atoms with Gasteiger partial charge in [0.05, 0.1) is 5.75 Å². The van der Waals surface area contributed by atoms with Crippen molar-refractivity contribution in [3.05, 3.63) is 35.4 Å². The number of unbranched alkanes of at least 4 members (excludes halogenated alkanes) is 1. The van der Waals surface area contributed by atoms with E-state index < -0.39 is 0 Å². The van der Waals surface area contributed by atoms with Crippen LogP contribution >= 0.6 is 11.8 Å². The first kappa shape index (κ1) is 14.4. The molecule has 0 aromatic heterocycles. The molecular formula is C16H23NOS. The molecule has 1 atom stereocenters. The number of hydrogen-bond acceptors (Lipinski definition) is 2. The lowest BCUT2D eigenvalue weighted by Crippen LogP contribution is -2.26. The molecule has 0 heterocycles. The highest BCUT2D eigenvalue weighted by Crippen LogP contribution is 2.39. The minimum atomic E-state index is 0.182. The Morgan fingerprint density at radius 3 is 3.11 bits per heavy atom. The van der Waals surface area contributed by atoms with Gasteiger partial charge in [-0.1, -0.05) is 37.6 Å². The number of carbonyl (C=O) groups is 1. The normalized spacial score (nSPS) is 17.8. The molecule has 0 unspecified atom stereocenters. The summed E-state index contributed by atoms with van der Waals surface area (Å²) in [6, 6.07) is 8.67. The molecule has 1 N–H and O–H groups in total. The Labute approximate surface area is 120 Å². The maximum atomic E-state index is 11.7. The Kier molecular flexibility index (Phi) is 5.77. The summed E-state index contributed by atoms with van der Waals surface area (Å²) in [4.78, 5) is 11.7. The summed E-state index contributed by atoms with van der Waals surface area (Å²) in [6.07, 6.45) is 5.83. The quantitative estimate of drug-likeness (QED) is 0.803. The number of aryl methyl sites for hydroxylation is 1. The van der Waals surface area contributed by atoms with E-state index in [1.54, 1.807) is 11.8 Å². The lowest BCUT2D eigenvalue weighted by Gasteiger charge is -2.24. The van der Waals surface area contributed by atoms with E-state index in [2.05, 4.69) is 36.5 Å². The molecule has 19 heavy (non-hydrogen) atoms. The summed E-state index contributed by atoms with van der Waals surface area (Å²) in [5.41, 5.74) is 2.91. The van der Waals surface area contributed by atoms with E-state index in [1.165, 1.54) is 30.4 Å². The molecule has 1 aliphatic rings. The highest BCUT2D eigenvalue weighted by molar-refractivity contribution is 8.00. The fourth-order valence-corrected chi connectivity index (χ4v) is 3.71. The van der Waals surface area contributed by atoms with Crippen molar-refractivity contribution >= 4 is 17.7 Å². The zero-order valence-corrected chi connectivity index (χ0v) is 12.5. The first-order chi connectivity index (χ1) is 9.31. The molecule has 0 bridgehead atoms. The molecule has 0 spiro atoms. The highest BCUT2D eigenvalue weighted by Gasteiger charge is 2.20. The minimum Gasteiger partial charge on any atom is -0.355 e. The second-order valence-electron chi connectivity index (χ2n) is 5.09. The van der Waals surface area contributed by atoms with Crippen LogP contribution in [-0.4, -0.2) is 18.2 Å². The second kappa shape index (κ2) is 7.59. The maximum absolute atomic E-state index is 11.7. The first-order valence-electron chi connectivity index (χ1n) is 7.27. The Morgan fingerprint density at radius 2 is 2.26 bits per heavy atom. The van der Waals surface area contributed by atoms with Crippen molar-refractivity contribution < 1.29 is 4.79 Å². The third-order valence-electron chi connectivity index (χ3n) is 3.58. The molecule has 3 heteroatoms. The molecule has 104 valence electrons. The Hall–Kier alpha value is -0.960. The van der Waals surface area contributed by atoms with Crippen LogP contribution in [0, 0.1) is 0 Å². The van der Waals surface area contributed by atoms with E-state index in [-0.39, 0.29) is 5.91 Å². The van der Waals surface area contributed by atoms with E-state index in [0.29, 0.717) is 11.0 Å². The topological polar surface area (TPSA) is 29.1 Å². The van der Waals surface area contributed by atoms with Crippen molar-refractivity contribution in [2.75, 3.05) is 12.3 Å². The summed E-state index contributed by atoms with van der Waals surface area (Å²) in [5.74, 6) is 0.768. The van der Waals surface area contributed by atoms with Crippen molar-refractivity contribution in [1.82, 2.24) is 5.32 Å². The smallest absolute Gasteiger partial charge is 0.230 e. The van der Waals surface area contributed by atoms with Gasteiger partial charge in [0.15, 0.2) is 0 Å². The number of fused-ring (bicyclic) bond motifs is 1. The third-order valence-corrected chi connectivity index (χ3v) is 4.90. The van der Waals surface area contributed by atoms with Crippen molar-refractivity contribution in [1.29, 1.82) is 0 Å². The van der Waals surface area contributed by atoms with Crippen LogP contribution in [-0.2, 0) is 11.2 Å². The zero-order valence-electron chi connectivity index (χ0n) is 11.7. The summed E-state index contributed by atoms with van der Waals surface area (Å²) >= 11 is 1.79. The second-order valence-corrected chi connectivity index (χ2v) is 6.29. The van der Waals surface area contributed by atoms with Crippen molar-refractivity contribution in [2.45, 2.75) is 44.3 Å². The van der Waals surface area contributed by atoms with E-state index in [9.17, 15) is 4.79 Å². The fraction of sp³-hybridized carbons (Fsp3) is 0.562. The number of thioether (sulfide) groups is 1. The van der Waals surface area contributed by atoms with E-state index >= 15 is 0 Å². The molecule has 0 saturated carbocycles. The number of hydrogen-bond donors (Lipinski definition) is 1. The van der Waals surface area contributed by atoms with Crippen LogP contribution < -0.4 is 5.32 Å². The molecule has 1 aromatic carbocycles. The predicted molar refractivity (Wildman–Crippen MR) is 82.5 cm³/mol. The molecule has 2 nitrogen and oxygen atoms in total. The lowest BCUT2D eigenvalue weighted by atomic mass is 9.91. The standard InChI is InChI=1S/C16H23NOS/c1-2-3-11-17-16(18)12-19-15-10-6-8-13-7-4-5-9-14(13)15/h4-5,7,9,15H,2-3,6,8,10-12H2,1H3,(H,17,18)/t15-/m0/s1. The van der Waals surface area contributed by atoms with Gasteiger partial charge < -0.3 is 5.32 Å². The molecule has 1 aliphatic carbocycles. The summed E-state index contributed by atoms with van der Waals surface area (Å²) in [5, 5.41) is 3.49. The van der Waals surface area contributed by atoms with Gasteiger partial charge in [-0.05, 0) is 36.8 Å². The zero-order chi connectivity index (χ0) is 13.5. The fourth-order valence-electron chi connectivity index (χ4n) is 2.51. The van der Waals surface area contributed by atoms with E-state index in [4.69, 9.17) is 0 Å². The summed E-state index contributed by atoms with van der Waals surface area (Å²) < 4.78 is 0. The molecular weight excluding hydrogens is 254 g/mol. The molecule has 0 saturated heterocycles. The van der Waals surface area contributed by atoms with Gasteiger partial charge in [0.25, 0.3) is 0 Å². The van der Waals surface area contributed by atoms with Gasteiger partial charge in [-0.2, -0.15) is 0 Å². The van der Waals surface area contributed by atoms with Crippen LogP contribution in [0.5, 0.6) is 0 Å². The number of nitrogens with one attached hydrogen (secondary N) is 1. The Bertz CT molecular complexity index is 419. The van der Waals surface area contributed by atoms with Gasteiger partial charge in [-0.25, -0.2) is 0 Å². The van der Waals surface area contributed by atoms with Crippen LogP contribution in [0.1, 0.15) is 49.0 Å².